The van der Waals surface area contributed by atoms with E-state index in [4.69, 9.17) is 0 Å². The van der Waals surface area contributed by atoms with E-state index in [0.717, 1.165) is 6.42 Å². The summed E-state index contributed by atoms with van der Waals surface area (Å²) in [4.78, 5) is 0. The standard InChI is InChI=1S/C16H22/c1-3-13-8-10-14(11-9-13)12-16-7-5-6-15(16)4-2/h8-11H,3-7,12H2,1-2H3. The van der Waals surface area contributed by atoms with Crippen molar-refractivity contribution < 1.29 is 0 Å². The van der Waals surface area contributed by atoms with Gasteiger partial charge in [0.2, 0.25) is 0 Å². The average molecular weight is 214 g/mol. The quantitative estimate of drug-likeness (QED) is 0.638. The molecule has 0 fully saturated rings. The van der Waals surface area contributed by atoms with Crippen LogP contribution in [0.1, 0.15) is 50.7 Å². The Morgan fingerprint density at radius 1 is 0.812 bits per heavy atom. The minimum absolute atomic E-state index is 1.14. The van der Waals surface area contributed by atoms with Gasteiger partial charge in [-0.3, -0.25) is 0 Å². The number of aryl methyl sites for hydroxylation is 1. The molecule has 0 saturated heterocycles. The lowest BCUT2D eigenvalue weighted by atomic mass is 9.99. The van der Waals surface area contributed by atoms with Crippen LogP contribution < -0.4 is 0 Å². The van der Waals surface area contributed by atoms with Crippen molar-refractivity contribution in [3.05, 3.63) is 46.5 Å². The molecule has 0 amide bonds. The SMILES string of the molecule is CCC1=C(Cc2ccc(CC)cc2)CCC1. The van der Waals surface area contributed by atoms with Crippen LogP contribution in [0.5, 0.6) is 0 Å². The van der Waals surface area contributed by atoms with Crippen LogP contribution in [0.25, 0.3) is 0 Å². The maximum atomic E-state index is 2.30. The van der Waals surface area contributed by atoms with E-state index >= 15 is 0 Å². The fourth-order valence-electron chi connectivity index (χ4n) is 2.65. The topological polar surface area (TPSA) is 0 Å². The van der Waals surface area contributed by atoms with Crippen LogP contribution in [0.15, 0.2) is 35.4 Å². The highest BCUT2D eigenvalue weighted by molar-refractivity contribution is 5.30. The highest BCUT2D eigenvalue weighted by atomic mass is 14.2. The molecule has 0 aromatic heterocycles. The van der Waals surface area contributed by atoms with Crippen LogP contribution in [-0.4, -0.2) is 0 Å². The Morgan fingerprint density at radius 3 is 2.06 bits per heavy atom. The van der Waals surface area contributed by atoms with Gasteiger partial charge in [-0.05, 0) is 49.7 Å². The normalized spacial score (nSPS) is 15.9. The third-order valence-corrected chi connectivity index (χ3v) is 3.73. The Bertz CT molecular complexity index is 368. The number of hydrogen-bond donors (Lipinski definition) is 0. The predicted octanol–water partition coefficient (Wildman–Crippen LogP) is 4.68. The molecule has 0 unspecified atom stereocenters. The van der Waals surface area contributed by atoms with E-state index in [1.807, 2.05) is 0 Å². The van der Waals surface area contributed by atoms with Gasteiger partial charge in [0.25, 0.3) is 0 Å². The molecule has 0 radical (unpaired) electrons. The van der Waals surface area contributed by atoms with E-state index in [2.05, 4.69) is 38.1 Å². The lowest BCUT2D eigenvalue weighted by Gasteiger charge is -2.06. The van der Waals surface area contributed by atoms with E-state index in [0.29, 0.717) is 0 Å². The summed E-state index contributed by atoms with van der Waals surface area (Å²) >= 11 is 0. The van der Waals surface area contributed by atoms with Crippen molar-refractivity contribution in [3.8, 4) is 0 Å². The molecule has 0 heteroatoms. The zero-order valence-corrected chi connectivity index (χ0v) is 10.6. The molecular weight excluding hydrogens is 192 g/mol. The zero-order valence-electron chi connectivity index (χ0n) is 10.6. The molecule has 0 nitrogen and oxygen atoms in total. The molecule has 2 rings (SSSR count). The number of benzene rings is 1. The number of hydrogen-bond acceptors (Lipinski definition) is 0. The molecule has 0 aliphatic heterocycles. The lowest BCUT2D eigenvalue weighted by molar-refractivity contribution is 0.867. The summed E-state index contributed by atoms with van der Waals surface area (Å²) in [5.74, 6) is 0. The van der Waals surface area contributed by atoms with Crippen LogP contribution in [0.4, 0.5) is 0 Å². The van der Waals surface area contributed by atoms with Gasteiger partial charge in [0.05, 0.1) is 0 Å². The largest absolute Gasteiger partial charge is 0.0709 e. The summed E-state index contributed by atoms with van der Waals surface area (Å²) in [5, 5.41) is 0. The molecule has 0 spiro atoms. The first kappa shape index (κ1) is 11.4. The highest BCUT2D eigenvalue weighted by Crippen LogP contribution is 2.30. The molecule has 86 valence electrons. The third-order valence-electron chi connectivity index (χ3n) is 3.73. The Hall–Kier alpha value is -1.04. The lowest BCUT2D eigenvalue weighted by Crippen LogP contribution is -1.91. The van der Waals surface area contributed by atoms with E-state index in [-0.39, 0.29) is 0 Å². The third kappa shape index (κ3) is 2.55. The summed E-state index contributed by atoms with van der Waals surface area (Å²) in [6.45, 7) is 4.50. The minimum atomic E-state index is 1.14. The first-order chi connectivity index (χ1) is 7.83. The van der Waals surface area contributed by atoms with Crippen molar-refractivity contribution in [2.45, 2.75) is 52.4 Å². The summed E-state index contributed by atoms with van der Waals surface area (Å²) in [6.07, 6.45) is 7.64. The van der Waals surface area contributed by atoms with Gasteiger partial charge in [-0.1, -0.05) is 49.3 Å². The van der Waals surface area contributed by atoms with Gasteiger partial charge >= 0.3 is 0 Å². The summed E-state index contributed by atoms with van der Waals surface area (Å²) in [5.41, 5.74) is 6.37. The molecule has 0 atom stereocenters. The van der Waals surface area contributed by atoms with Crippen molar-refractivity contribution in [1.82, 2.24) is 0 Å². The van der Waals surface area contributed by atoms with Crippen molar-refractivity contribution in [3.63, 3.8) is 0 Å². The highest BCUT2D eigenvalue weighted by Gasteiger charge is 2.12. The van der Waals surface area contributed by atoms with Crippen LogP contribution in [-0.2, 0) is 12.8 Å². The van der Waals surface area contributed by atoms with Gasteiger partial charge in [-0.25, -0.2) is 0 Å². The van der Waals surface area contributed by atoms with Crippen molar-refractivity contribution in [2.24, 2.45) is 0 Å². The summed E-state index contributed by atoms with van der Waals surface area (Å²) in [6, 6.07) is 9.15. The van der Waals surface area contributed by atoms with Crippen molar-refractivity contribution in [1.29, 1.82) is 0 Å². The maximum Gasteiger partial charge on any atom is -0.00644 e. The minimum Gasteiger partial charge on any atom is -0.0709 e. The molecule has 0 heterocycles. The second-order valence-electron chi connectivity index (χ2n) is 4.76. The van der Waals surface area contributed by atoms with Crippen molar-refractivity contribution in [2.75, 3.05) is 0 Å². The fraction of sp³-hybridized carbons (Fsp3) is 0.500. The van der Waals surface area contributed by atoms with Gasteiger partial charge in [-0.2, -0.15) is 0 Å². The summed E-state index contributed by atoms with van der Waals surface area (Å²) in [7, 11) is 0. The molecule has 0 bridgehead atoms. The second-order valence-corrected chi connectivity index (χ2v) is 4.76. The van der Waals surface area contributed by atoms with Gasteiger partial charge < -0.3 is 0 Å². The van der Waals surface area contributed by atoms with Crippen molar-refractivity contribution >= 4 is 0 Å². The predicted molar refractivity (Wildman–Crippen MR) is 70.7 cm³/mol. The number of rotatable bonds is 4. The first-order valence-corrected chi connectivity index (χ1v) is 6.61. The molecule has 1 aromatic rings. The molecule has 16 heavy (non-hydrogen) atoms. The smallest absolute Gasteiger partial charge is 0.00644 e. The van der Waals surface area contributed by atoms with E-state index in [9.17, 15) is 0 Å². The van der Waals surface area contributed by atoms with Crippen LogP contribution in [0.2, 0.25) is 0 Å². The Kier molecular flexibility index (Phi) is 3.82. The first-order valence-electron chi connectivity index (χ1n) is 6.61. The molecule has 0 N–H and O–H groups in total. The van der Waals surface area contributed by atoms with E-state index in [1.54, 1.807) is 11.1 Å². The van der Waals surface area contributed by atoms with Gasteiger partial charge in [-0.15, -0.1) is 0 Å². The zero-order chi connectivity index (χ0) is 11.4. The van der Waals surface area contributed by atoms with E-state index < -0.39 is 0 Å². The van der Waals surface area contributed by atoms with Gasteiger partial charge in [0.15, 0.2) is 0 Å². The number of allylic oxidation sites excluding steroid dienone is 2. The average Bonchev–Trinajstić information content (AvgIpc) is 2.77. The molecule has 1 aliphatic carbocycles. The Balaban J connectivity index is 2.08. The monoisotopic (exact) mass is 214 g/mol. The fourth-order valence-corrected chi connectivity index (χ4v) is 2.65. The Labute approximate surface area is 99.4 Å². The molecule has 1 aliphatic rings. The maximum absolute atomic E-state index is 2.30. The summed E-state index contributed by atoms with van der Waals surface area (Å²) < 4.78 is 0. The second kappa shape index (κ2) is 5.34. The van der Waals surface area contributed by atoms with Crippen LogP contribution >= 0.6 is 0 Å². The Morgan fingerprint density at radius 2 is 1.44 bits per heavy atom. The van der Waals surface area contributed by atoms with Crippen LogP contribution in [0.3, 0.4) is 0 Å². The molecular formula is C16H22. The van der Waals surface area contributed by atoms with Gasteiger partial charge in [0.1, 0.15) is 0 Å². The van der Waals surface area contributed by atoms with Gasteiger partial charge in [0, 0.05) is 0 Å². The molecule has 0 saturated carbocycles. The van der Waals surface area contributed by atoms with E-state index in [1.165, 1.54) is 43.2 Å². The molecule has 1 aromatic carbocycles. The van der Waals surface area contributed by atoms with Crippen LogP contribution in [0, 0.1) is 0 Å².